The summed E-state index contributed by atoms with van der Waals surface area (Å²) in [4.78, 5) is 23.7. The van der Waals surface area contributed by atoms with Crippen LogP contribution in [-0.2, 0) is 13.0 Å². The van der Waals surface area contributed by atoms with Crippen LogP contribution in [0.5, 0.6) is 0 Å². The van der Waals surface area contributed by atoms with Crippen LogP contribution in [0.4, 0.5) is 0 Å². The van der Waals surface area contributed by atoms with Crippen LogP contribution in [0.15, 0.2) is 71.5 Å². The predicted molar refractivity (Wildman–Crippen MR) is 107 cm³/mol. The van der Waals surface area contributed by atoms with Crippen LogP contribution in [0.2, 0.25) is 0 Å². The van der Waals surface area contributed by atoms with Gasteiger partial charge in [-0.15, -0.1) is 0 Å². The molecule has 0 bridgehead atoms. The lowest BCUT2D eigenvalue weighted by Gasteiger charge is -2.13. The number of unbranched alkanes of at least 4 members (excludes halogenated alkanes) is 1. The summed E-state index contributed by atoms with van der Waals surface area (Å²) in [5.41, 5.74) is 3.89. The van der Waals surface area contributed by atoms with Crippen molar-refractivity contribution in [3.63, 3.8) is 0 Å². The lowest BCUT2D eigenvalue weighted by molar-refractivity contribution is 0.0697. The van der Waals surface area contributed by atoms with Gasteiger partial charge in [0, 0.05) is 11.8 Å². The van der Waals surface area contributed by atoms with Gasteiger partial charge in [0.15, 0.2) is 0 Å². The lowest BCUT2D eigenvalue weighted by Crippen LogP contribution is -2.23. The first-order valence-electron chi connectivity index (χ1n) is 9.20. The first-order chi connectivity index (χ1) is 13.1. The number of aryl methyl sites for hydroxylation is 1. The molecule has 0 spiro atoms. The molecule has 0 atom stereocenters. The van der Waals surface area contributed by atoms with Gasteiger partial charge in [0.05, 0.1) is 12.1 Å². The second-order valence-electron chi connectivity index (χ2n) is 6.59. The number of carbonyl (C=O) groups is 1. The first kappa shape index (κ1) is 18.6. The van der Waals surface area contributed by atoms with Crippen molar-refractivity contribution in [2.45, 2.75) is 32.7 Å². The Morgan fingerprint density at radius 3 is 2.41 bits per heavy atom. The number of benzene rings is 2. The number of pyridine rings is 1. The highest BCUT2D eigenvalue weighted by molar-refractivity contribution is 5.95. The Kier molecular flexibility index (Phi) is 5.87. The van der Waals surface area contributed by atoms with E-state index < -0.39 is 5.97 Å². The second kappa shape index (κ2) is 8.49. The number of hydrogen-bond acceptors (Lipinski definition) is 2. The number of nitrogens with zero attached hydrogens (tertiary/aromatic N) is 1. The lowest BCUT2D eigenvalue weighted by atomic mass is 9.98. The zero-order valence-electron chi connectivity index (χ0n) is 15.4. The maximum Gasteiger partial charge on any atom is 0.336 e. The van der Waals surface area contributed by atoms with Crippen molar-refractivity contribution < 1.29 is 9.90 Å². The molecule has 4 nitrogen and oxygen atoms in total. The zero-order valence-corrected chi connectivity index (χ0v) is 15.4. The Labute approximate surface area is 158 Å². The van der Waals surface area contributed by atoms with Crippen molar-refractivity contribution in [3.8, 4) is 11.1 Å². The molecule has 0 unspecified atom stereocenters. The molecule has 0 fully saturated rings. The van der Waals surface area contributed by atoms with Crippen molar-refractivity contribution in [3.05, 3.63) is 93.9 Å². The molecule has 0 aliphatic rings. The van der Waals surface area contributed by atoms with Gasteiger partial charge < -0.3 is 9.67 Å². The Morgan fingerprint density at radius 1 is 0.963 bits per heavy atom. The van der Waals surface area contributed by atoms with Crippen molar-refractivity contribution >= 4 is 5.97 Å². The molecule has 0 aliphatic carbocycles. The van der Waals surface area contributed by atoms with E-state index in [2.05, 4.69) is 6.92 Å². The Balaban J connectivity index is 1.88. The van der Waals surface area contributed by atoms with E-state index in [1.54, 1.807) is 18.2 Å². The fourth-order valence-corrected chi connectivity index (χ4v) is 3.21. The number of carboxylic acid groups (broad SMARTS) is 1. The molecule has 3 aromatic rings. The van der Waals surface area contributed by atoms with E-state index in [4.69, 9.17) is 0 Å². The first-order valence-corrected chi connectivity index (χ1v) is 9.20. The van der Waals surface area contributed by atoms with Crippen molar-refractivity contribution in [1.29, 1.82) is 0 Å². The average molecular weight is 361 g/mol. The molecule has 2 aromatic carbocycles. The zero-order chi connectivity index (χ0) is 19.2. The molecule has 4 heteroatoms. The van der Waals surface area contributed by atoms with Crippen LogP contribution in [0.3, 0.4) is 0 Å². The molecular formula is C23H23NO3. The Morgan fingerprint density at radius 2 is 1.70 bits per heavy atom. The van der Waals surface area contributed by atoms with Gasteiger partial charge in [0.2, 0.25) is 0 Å². The molecule has 0 aliphatic heterocycles. The van der Waals surface area contributed by atoms with E-state index in [0.29, 0.717) is 12.1 Å². The molecule has 1 aromatic heterocycles. The van der Waals surface area contributed by atoms with E-state index in [1.807, 2.05) is 53.1 Å². The van der Waals surface area contributed by atoms with E-state index in [1.165, 1.54) is 0 Å². The molecule has 0 amide bonds. The SMILES string of the molecule is CCCCc1cccc(=O)n1Cc1ccc(-c2ccccc2C(=O)O)cc1. The summed E-state index contributed by atoms with van der Waals surface area (Å²) in [6.07, 6.45) is 3.02. The third-order valence-corrected chi connectivity index (χ3v) is 4.69. The van der Waals surface area contributed by atoms with Gasteiger partial charge in [-0.1, -0.05) is 61.9 Å². The minimum absolute atomic E-state index is 0.00361. The number of rotatable bonds is 7. The van der Waals surface area contributed by atoms with Gasteiger partial charge in [-0.3, -0.25) is 4.79 Å². The van der Waals surface area contributed by atoms with Crippen LogP contribution in [0, 0.1) is 0 Å². The molecule has 27 heavy (non-hydrogen) atoms. The molecule has 0 saturated carbocycles. The summed E-state index contributed by atoms with van der Waals surface area (Å²) >= 11 is 0. The number of carboxylic acids is 1. The van der Waals surface area contributed by atoms with Gasteiger partial charge in [0.25, 0.3) is 5.56 Å². The maximum atomic E-state index is 12.3. The van der Waals surface area contributed by atoms with E-state index in [-0.39, 0.29) is 11.1 Å². The molecular weight excluding hydrogens is 338 g/mol. The Bertz CT molecular complexity index is 987. The molecule has 138 valence electrons. The molecule has 3 rings (SSSR count). The van der Waals surface area contributed by atoms with Crippen molar-refractivity contribution in [1.82, 2.24) is 4.57 Å². The van der Waals surface area contributed by atoms with Gasteiger partial charge >= 0.3 is 5.97 Å². The highest BCUT2D eigenvalue weighted by atomic mass is 16.4. The quantitative estimate of drug-likeness (QED) is 0.669. The summed E-state index contributed by atoms with van der Waals surface area (Å²) in [6.45, 7) is 2.65. The monoisotopic (exact) mass is 361 g/mol. The third-order valence-electron chi connectivity index (χ3n) is 4.69. The molecule has 0 radical (unpaired) electrons. The number of hydrogen-bond donors (Lipinski definition) is 1. The fraction of sp³-hybridized carbons (Fsp3) is 0.217. The van der Waals surface area contributed by atoms with Gasteiger partial charge in [-0.2, -0.15) is 0 Å². The highest BCUT2D eigenvalue weighted by Crippen LogP contribution is 2.24. The van der Waals surface area contributed by atoms with Crippen LogP contribution in [-0.4, -0.2) is 15.6 Å². The van der Waals surface area contributed by atoms with Crippen LogP contribution in [0.1, 0.15) is 41.4 Å². The second-order valence-corrected chi connectivity index (χ2v) is 6.59. The highest BCUT2D eigenvalue weighted by Gasteiger charge is 2.11. The summed E-state index contributed by atoms with van der Waals surface area (Å²) < 4.78 is 1.82. The van der Waals surface area contributed by atoms with E-state index in [0.717, 1.165) is 36.1 Å². The molecule has 0 saturated heterocycles. The summed E-state index contributed by atoms with van der Waals surface area (Å²) in [7, 11) is 0. The van der Waals surface area contributed by atoms with Crippen LogP contribution < -0.4 is 5.56 Å². The topological polar surface area (TPSA) is 59.3 Å². The normalized spacial score (nSPS) is 10.7. The van der Waals surface area contributed by atoms with Crippen LogP contribution >= 0.6 is 0 Å². The maximum absolute atomic E-state index is 12.3. The molecule has 1 heterocycles. The smallest absolute Gasteiger partial charge is 0.336 e. The van der Waals surface area contributed by atoms with Gasteiger partial charge in [-0.05, 0) is 41.7 Å². The largest absolute Gasteiger partial charge is 0.478 e. The summed E-state index contributed by atoms with van der Waals surface area (Å²) in [6, 6.07) is 20.1. The van der Waals surface area contributed by atoms with Gasteiger partial charge in [0.1, 0.15) is 0 Å². The Hall–Kier alpha value is -3.14. The van der Waals surface area contributed by atoms with E-state index in [9.17, 15) is 14.7 Å². The van der Waals surface area contributed by atoms with Crippen molar-refractivity contribution in [2.75, 3.05) is 0 Å². The van der Waals surface area contributed by atoms with Crippen LogP contribution in [0.25, 0.3) is 11.1 Å². The minimum Gasteiger partial charge on any atom is -0.478 e. The number of aromatic carboxylic acids is 1. The number of aromatic nitrogens is 1. The summed E-state index contributed by atoms with van der Waals surface area (Å²) in [5, 5.41) is 9.37. The van der Waals surface area contributed by atoms with Crippen molar-refractivity contribution in [2.24, 2.45) is 0 Å². The standard InChI is InChI=1S/C23H23NO3/c1-2-3-7-19-8-6-11-22(25)24(19)16-17-12-14-18(15-13-17)20-9-4-5-10-21(20)23(26)27/h4-6,8-15H,2-3,7,16H2,1H3,(H,26,27). The van der Waals surface area contributed by atoms with E-state index >= 15 is 0 Å². The fourth-order valence-electron chi connectivity index (χ4n) is 3.21. The minimum atomic E-state index is -0.939. The van der Waals surface area contributed by atoms with Gasteiger partial charge in [-0.25, -0.2) is 4.79 Å². The third kappa shape index (κ3) is 4.34. The average Bonchev–Trinajstić information content (AvgIpc) is 2.69. The summed E-state index contributed by atoms with van der Waals surface area (Å²) in [5.74, 6) is -0.939. The molecule has 1 N–H and O–H groups in total. The predicted octanol–water partition coefficient (Wildman–Crippen LogP) is 4.60.